The molecule has 0 radical (unpaired) electrons. The first-order chi connectivity index (χ1) is 45.9. The van der Waals surface area contributed by atoms with Crippen LogP contribution in [0, 0.1) is 42.9 Å². The molecule has 5 heterocycles. The van der Waals surface area contributed by atoms with E-state index in [0.717, 1.165) is 114 Å². The van der Waals surface area contributed by atoms with E-state index in [-0.39, 0.29) is 39.6 Å². The number of anilines is 4. The van der Waals surface area contributed by atoms with Gasteiger partial charge in [-0.3, -0.25) is 19.8 Å². The standard InChI is InChI=1S/C31H37N5O3.C20H12Cl2FN3OS.C19H12F4N4O2/c1-22-9-11-23(12-10-22)36-29(21-28(34-36)31(2,3)4)33-30(37)32-26-13-14-27(25-8-6-5-7-24(25)26)39-20-17-35-15-18-38-19-16-35;1-11-5-7-16(14(23)9-11)28-17-8-6-15-19(20(27)24-10-26(15)25-17)18-12(21)3-2-4-13(18)22;20-9-4-5-10(14(23)8-9)16-11(18(24)28)6-7-15(26-16)27(19(25)29)17-12(21)2-1-3-13(17)22/h5-14,21H,15-20H2,1-4H3,(H2,32,33,37);2-10H,1H3;1-8H,(H2,24,28)(H2,25,29). The van der Waals surface area contributed by atoms with Crippen molar-refractivity contribution in [2.45, 2.75) is 50.0 Å². The number of urea groups is 2. The van der Waals surface area contributed by atoms with Crippen LogP contribution < -0.4 is 37.3 Å². The number of rotatable bonds is 14. The van der Waals surface area contributed by atoms with Crippen LogP contribution >= 0.6 is 35.0 Å². The largest absolute Gasteiger partial charge is 0.492 e. The smallest absolute Gasteiger partial charge is 0.325 e. The van der Waals surface area contributed by atoms with Crippen molar-refractivity contribution in [1.29, 1.82) is 0 Å². The molecule has 0 spiro atoms. The molecule has 7 aromatic carbocycles. The predicted octanol–water partition coefficient (Wildman–Crippen LogP) is 15.3. The van der Waals surface area contributed by atoms with Crippen LogP contribution in [0.15, 0.2) is 185 Å². The lowest BCUT2D eigenvalue weighted by Crippen LogP contribution is -2.38. The van der Waals surface area contributed by atoms with E-state index in [2.05, 4.69) is 51.4 Å². The monoisotopic (exact) mass is 1360 g/mol. The number of para-hydroxylation sites is 1. The lowest BCUT2D eigenvalue weighted by molar-refractivity contribution is 0.0323. The van der Waals surface area contributed by atoms with Crippen LogP contribution in [0.3, 0.4) is 0 Å². The third-order valence-corrected chi connectivity index (χ3v) is 16.6. The number of aryl methyl sites for hydroxylation is 2. The molecular weight excluding hydrogens is 1300 g/mol. The van der Waals surface area contributed by atoms with Gasteiger partial charge in [-0.25, -0.2) is 50.6 Å². The molecule has 96 heavy (non-hydrogen) atoms. The summed E-state index contributed by atoms with van der Waals surface area (Å²) in [4.78, 5) is 60.5. The summed E-state index contributed by atoms with van der Waals surface area (Å²) in [6.07, 6.45) is 1.32. The minimum absolute atomic E-state index is 0.170. The maximum atomic E-state index is 14.3. The predicted molar refractivity (Wildman–Crippen MR) is 363 cm³/mol. The Morgan fingerprint density at radius 3 is 2.06 bits per heavy atom. The highest BCUT2D eigenvalue weighted by atomic mass is 35.5. The molecule has 0 saturated carbocycles. The topological polar surface area (TPSA) is 230 Å². The van der Waals surface area contributed by atoms with Gasteiger partial charge in [0.1, 0.15) is 70.1 Å². The van der Waals surface area contributed by atoms with Crippen LogP contribution in [-0.2, 0) is 10.2 Å². The SMILES string of the molecule is Cc1ccc(-n2nc(C(C)(C)C)cc2NC(=O)Nc2ccc(OCCN3CCOCC3)c3ccccc23)cc1.Cc1ccc(Sc2ccc3c(-c4c(Cl)cccc4Cl)c(=O)ncn3n2)c(F)c1.NC(=O)c1ccc(N(C(N)=O)c2c(F)cccc2F)nc1-c1ccc(F)cc1F. The molecule has 0 aliphatic carbocycles. The van der Waals surface area contributed by atoms with Crippen molar-refractivity contribution in [3.8, 4) is 33.8 Å². The highest BCUT2D eigenvalue weighted by molar-refractivity contribution is 7.99. The molecule has 26 heteroatoms. The quantitative estimate of drug-likeness (QED) is 0.0745. The van der Waals surface area contributed by atoms with Gasteiger partial charge in [0, 0.05) is 64.0 Å². The maximum Gasteiger partial charge on any atom is 0.325 e. The van der Waals surface area contributed by atoms with Crippen molar-refractivity contribution in [1.82, 2.24) is 34.3 Å². The summed E-state index contributed by atoms with van der Waals surface area (Å²) in [6, 6.07) is 41.1. The van der Waals surface area contributed by atoms with Gasteiger partial charge in [0.2, 0.25) is 0 Å². The molecule has 1 aliphatic heterocycles. The summed E-state index contributed by atoms with van der Waals surface area (Å²) >= 11 is 13.7. The zero-order valence-electron chi connectivity index (χ0n) is 52.1. The van der Waals surface area contributed by atoms with Gasteiger partial charge in [0.15, 0.2) is 0 Å². The third kappa shape index (κ3) is 16.1. The molecule has 1 fully saturated rings. The van der Waals surface area contributed by atoms with E-state index in [9.17, 15) is 41.1 Å². The summed E-state index contributed by atoms with van der Waals surface area (Å²) in [6.45, 7) is 15.1. The van der Waals surface area contributed by atoms with Crippen LogP contribution in [0.5, 0.6) is 5.75 Å². The minimum atomic E-state index is -1.29. The number of pyridine rings is 1. The van der Waals surface area contributed by atoms with E-state index in [1.54, 1.807) is 41.1 Å². The van der Waals surface area contributed by atoms with Gasteiger partial charge < -0.3 is 26.3 Å². The first-order valence-electron chi connectivity index (χ1n) is 29.7. The fraction of sp³-hybridized carbons (Fsp3) is 0.171. The van der Waals surface area contributed by atoms with E-state index in [0.29, 0.717) is 60.1 Å². The number of hydrogen-bond acceptors (Lipinski definition) is 12. The van der Waals surface area contributed by atoms with Crippen LogP contribution in [0.1, 0.15) is 48.0 Å². The second-order valence-electron chi connectivity index (χ2n) is 22.8. The van der Waals surface area contributed by atoms with Crippen molar-refractivity contribution >= 4 is 92.2 Å². The molecule has 0 unspecified atom stereocenters. The summed E-state index contributed by atoms with van der Waals surface area (Å²) in [7, 11) is 0. The number of hydrogen-bond donors (Lipinski definition) is 4. The number of benzene rings is 7. The molecule has 6 N–H and O–H groups in total. The molecule has 1 saturated heterocycles. The van der Waals surface area contributed by atoms with Gasteiger partial charge in [-0.1, -0.05) is 116 Å². The average Bonchev–Trinajstić information content (AvgIpc) is 0.989. The number of primary amides is 2. The molecule has 5 amide bonds. The lowest BCUT2D eigenvalue weighted by atomic mass is 9.92. The number of fused-ring (bicyclic) bond motifs is 2. The van der Waals surface area contributed by atoms with Gasteiger partial charge in [-0.15, -0.1) is 0 Å². The van der Waals surface area contributed by atoms with Crippen LogP contribution in [0.25, 0.3) is 44.4 Å². The molecule has 0 bridgehead atoms. The van der Waals surface area contributed by atoms with Gasteiger partial charge >= 0.3 is 12.1 Å². The van der Waals surface area contributed by atoms with Crippen molar-refractivity contribution in [3.05, 3.63) is 242 Å². The van der Waals surface area contributed by atoms with E-state index < -0.39 is 52.3 Å². The van der Waals surface area contributed by atoms with Crippen molar-refractivity contribution < 1.29 is 45.8 Å². The number of aromatic nitrogens is 6. The van der Waals surface area contributed by atoms with Crippen molar-refractivity contribution in [2.75, 3.05) is 55.0 Å². The Kier molecular flexibility index (Phi) is 21.5. The Labute approximate surface area is 561 Å². The third-order valence-electron chi connectivity index (χ3n) is 14.9. The first-order valence-corrected chi connectivity index (χ1v) is 31.3. The number of carbonyl (C=O) groups excluding carboxylic acids is 3. The Hall–Kier alpha value is -10.2. The summed E-state index contributed by atoms with van der Waals surface area (Å²) in [5.74, 6) is -4.48. The highest BCUT2D eigenvalue weighted by Crippen LogP contribution is 2.38. The minimum Gasteiger partial charge on any atom is -0.492 e. The Bertz CT molecular complexity index is 4760. The Morgan fingerprint density at radius 2 is 1.40 bits per heavy atom. The molecule has 18 nitrogen and oxygen atoms in total. The maximum absolute atomic E-state index is 14.3. The Balaban J connectivity index is 0.000000160. The summed E-state index contributed by atoms with van der Waals surface area (Å²) < 4.78 is 84.9. The van der Waals surface area contributed by atoms with Crippen LogP contribution in [0.4, 0.5) is 54.6 Å². The number of morpholine rings is 1. The highest BCUT2D eigenvalue weighted by Gasteiger charge is 2.28. The fourth-order valence-electron chi connectivity index (χ4n) is 10.1. The van der Waals surface area contributed by atoms with Crippen molar-refractivity contribution in [2.24, 2.45) is 11.5 Å². The van der Waals surface area contributed by atoms with Gasteiger partial charge in [-0.2, -0.15) is 15.2 Å². The molecular formula is C70H61Cl2F5N12O6S. The zero-order chi connectivity index (χ0) is 68.5. The van der Waals surface area contributed by atoms with Crippen molar-refractivity contribution in [3.63, 3.8) is 0 Å². The number of amides is 5. The number of carbonyl (C=O) groups is 3. The number of nitrogens with zero attached hydrogens (tertiary/aromatic N) is 8. The zero-order valence-corrected chi connectivity index (χ0v) is 54.5. The molecule has 4 aromatic heterocycles. The van der Waals surface area contributed by atoms with E-state index in [1.165, 1.54) is 28.7 Å². The molecule has 1 aliphatic rings. The summed E-state index contributed by atoms with van der Waals surface area (Å²) in [5, 5.41) is 18.4. The molecule has 0 atom stereocenters. The van der Waals surface area contributed by atoms with Gasteiger partial charge in [0.25, 0.3) is 11.5 Å². The van der Waals surface area contributed by atoms with Crippen LogP contribution in [-0.4, -0.2) is 91.7 Å². The van der Waals surface area contributed by atoms with E-state index in [4.69, 9.17) is 49.2 Å². The fourth-order valence-corrected chi connectivity index (χ4v) is 11.5. The number of ether oxygens (including phenoxy) is 2. The van der Waals surface area contributed by atoms with E-state index in [1.807, 2.05) is 86.6 Å². The van der Waals surface area contributed by atoms with Crippen LogP contribution in [0.2, 0.25) is 10.0 Å². The Morgan fingerprint density at radius 1 is 0.708 bits per heavy atom. The normalized spacial score (nSPS) is 12.3. The van der Waals surface area contributed by atoms with Gasteiger partial charge in [-0.05, 0) is 116 Å². The number of halogens is 7. The molecule has 12 rings (SSSR count). The number of nitrogens with one attached hydrogen (secondary N) is 2. The van der Waals surface area contributed by atoms with Gasteiger partial charge in [0.05, 0.1) is 62.7 Å². The second-order valence-corrected chi connectivity index (χ2v) is 24.7. The lowest BCUT2D eigenvalue weighted by Gasteiger charge is -2.26. The first kappa shape index (κ1) is 68.6. The van der Waals surface area contributed by atoms with E-state index >= 15 is 0 Å². The molecule has 11 aromatic rings. The second kappa shape index (κ2) is 30.0. The summed E-state index contributed by atoms with van der Waals surface area (Å²) in [5.41, 5.74) is 13.8. The number of nitrogens with two attached hydrogens (primary N) is 2. The average molecular weight is 1360 g/mol. The molecule has 492 valence electrons.